The third kappa shape index (κ3) is 6.14. The van der Waals surface area contributed by atoms with Crippen molar-refractivity contribution in [1.29, 1.82) is 0 Å². The van der Waals surface area contributed by atoms with Crippen molar-refractivity contribution in [3.63, 3.8) is 0 Å². The van der Waals surface area contributed by atoms with E-state index < -0.39 is 0 Å². The molecule has 1 saturated heterocycles. The average molecular weight is 528 g/mol. The third-order valence-corrected chi connectivity index (χ3v) is 8.88. The van der Waals surface area contributed by atoms with Gasteiger partial charge in [-0.05, 0) is 111 Å². The van der Waals surface area contributed by atoms with Gasteiger partial charge in [-0.3, -0.25) is 9.80 Å². The first kappa shape index (κ1) is 25.6. The molecule has 0 atom stereocenters. The van der Waals surface area contributed by atoms with Gasteiger partial charge in [0, 0.05) is 30.0 Å². The molecule has 0 bridgehead atoms. The summed E-state index contributed by atoms with van der Waals surface area (Å²) in [6.45, 7) is 6.42. The van der Waals surface area contributed by atoms with Crippen LogP contribution in [0.1, 0.15) is 60.1 Å². The Morgan fingerprint density at radius 3 is 2.53 bits per heavy atom. The summed E-state index contributed by atoms with van der Waals surface area (Å²) in [5.74, 6) is 0.804. The number of aryl methyl sites for hydroxylation is 2. The SMILES string of the molecule is Clc1ccccc1CN1CCC(CCCc2noc3cc4c(cc23)CN(Cc2ccccc2)CCC4)CC1. The lowest BCUT2D eigenvalue weighted by Crippen LogP contribution is -2.33. The first-order valence-corrected chi connectivity index (χ1v) is 14.7. The van der Waals surface area contributed by atoms with Gasteiger partial charge in [0.2, 0.25) is 0 Å². The molecule has 2 aliphatic heterocycles. The predicted molar refractivity (Wildman–Crippen MR) is 155 cm³/mol. The molecule has 38 heavy (non-hydrogen) atoms. The second-order valence-electron chi connectivity index (χ2n) is 11.2. The summed E-state index contributed by atoms with van der Waals surface area (Å²) in [7, 11) is 0. The molecule has 3 heterocycles. The summed E-state index contributed by atoms with van der Waals surface area (Å²) >= 11 is 6.38. The minimum atomic E-state index is 0.804. The van der Waals surface area contributed by atoms with Gasteiger partial charge < -0.3 is 4.52 Å². The van der Waals surface area contributed by atoms with Gasteiger partial charge >= 0.3 is 0 Å². The summed E-state index contributed by atoms with van der Waals surface area (Å²) in [4.78, 5) is 5.13. The molecule has 4 aromatic rings. The van der Waals surface area contributed by atoms with Gasteiger partial charge in [-0.1, -0.05) is 65.3 Å². The zero-order valence-corrected chi connectivity index (χ0v) is 23.0. The number of hydrogen-bond acceptors (Lipinski definition) is 4. The summed E-state index contributed by atoms with van der Waals surface area (Å²) in [5.41, 5.74) is 7.60. The van der Waals surface area contributed by atoms with Crippen molar-refractivity contribution in [3.8, 4) is 0 Å². The normalized spacial score (nSPS) is 17.5. The van der Waals surface area contributed by atoms with Gasteiger partial charge in [0.1, 0.15) is 0 Å². The molecule has 0 N–H and O–H groups in total. The van der Waals surface area contributed by atoms with Gasteiger partial charge in [-0.15, -0.1) is 0 Å². The summed E-state index contributed by atoms with van der Waals surface area (Å²) in [5, 5.41) is 6.62. The number of piperidine rings is 1. The van der Waals surface area contributed by atoms with Gasteiger partial charge in [0.25, 0.3) is 0 Å². The van der Waals surface area contributed by atoms with E-state index in [2.05, 4.69) is 69.6 Å². The lowest BCUT2D eigenvalue weighted by Gasteiger charge is -2.32. The molecule has 2 aliphatic rings. The Balaban J connectivity index is 1.03. The molecule has 1 fully saturated rings. The van der Waals surface area contributed by atoms with Gasteiger partial charge in [-0.25, -0.2) is 0 Å². The van der Waals surface area contributed by atoms with Crippen LogP contribution in [0.15, 0.2) is 71.3 Å². The van der Waals surface area contributed by atoms with Crippen molar-refractivity contribution in [1.82, 2.24) is 15.0 Å². The van der Waals surface area contributed by atoms with Crippen LogP contribution in [0.5, 0.6) is 0 Å². The zero-order chi connectivity index (χ0) is 25.7. The molecule has 198 valence electrons. The molecule has 0 aliphatic carbocycles. The first-order chi connectivity index (χ1) is 18.7. The molecule has 0 unspecified atom stereocenters. The highest BCUT2D eigenvalue weighted by Crippen LogP contribution is 2.30. The lowest BCUT2D eigenvalue weighted by atomic mass is 9.90. The van der Waals surface area contributed by atoms with Crippen molar-refractivity contribution in [3.05, 3.63) is 99.7 Å². The largest absolute Gasteiger partial charge is 0.356 e. The quantitative estimate of drug-likeness (QED) is 0.235. The number of benzene rings is 3. The summed E-state index contributed by atoms with van der Waals surface area (Å²) in [6.07, 6.45) is 8.28. The highest BCUT2D eigenvalue weighted by atomic mass is 35.5. The van der Waals surface area contributed by atoms with Gasteiger partial charge in [0.05, 0.1) is 5.69 Å². The molecule has 5 heteroatoms. The Labute approximate surface area is 231 Å². The average Bonchev–Trinajstić information content (AvgIpc) is 3.21. The number of halogens is 1. The van der Waals surface area contributed by atoms with Crippen LogP contribution in [0.2, 0.25) is 5.02 Å². The zero-order valence-electron chi connectivity index (χ0n) is 22.2. The maximum absolute atomic E-state index is 6.38. The highest BCUT2D eigenvalue weighted by molar-refractivity contribution is 6.31. The fourth-order valence-corrected chi connectivity index (χ4v) is 6.53. The van der Waals surface area contributed by atoms with Crippen molar-refractivity contribution in [2.75, 3.05) is 19.6 Å². The number of aromatic nitrogens is 1. The fourth-order valence-electron chi connectivity index (χ4n) is 6.33. The predicted octanol–water partition coefficient (Wildman–Crippen LogP) is 7.66. The molecule has 0 saturated carbocycles. The van der Waals surface area contributed by atoms with E-state index in [1.54, 1.807) is 0 Å². The van der Waals surface area contributed by atoms with Crippen LogP contribution in [0.4, 0.5) is 0 Å². The summed E-state index contributed by atoms with van der Waals surface area (Å²) < 4.78 is 5.82. The molecular formula is C33H38ClN3O. The first-order valence-electron chi connectivity index (χ1n) is 14.3. The number of fused-ring (bicyclic) bond motifs is 2. The van der Waals surface area contributed by atoms with Crippen molar-refractivity contribution in [2.45, 2.75) is 64.6 Å². The molecule has 3 aromatic carbocycles. The second kappa shape index (κ2) is 12.0. The van der Waals surface area contributed by atoms with E-state index in [0.29, 0.717) is 0 Å². The Kier molecular flexibility index (Phi) is 8.10. The molecule has 0 radical (unpaired) electrons. The van der Waals surface area contributed by atoms with Gasteiger partial charge in [-0.2, -0.15) is 0 Å². The Morgan fingerprint density at radius 2 is 1.68 bits per heavy atom. The van der Waals surface area contributed by atoms with Crippen LogP contribution >= 0.6 is 11.6 Å². The van der Waals surface area contributed by atoms with Crippen LogP contribution in [0, 0.1) is 5.92 Å². The Bertz CT molecular complexity index is 1340. The van der Waals surface area contributed by atoms with E-state index in [1.807, 2.05) is 12.1 Å². The van der Waals surface area contributed by atoms with Crippen LogP contribution in [0.3, 0.4) is 0 Å². The van der Waals surface area contributed by atoms with Crippen LogP contribution < -0.4 is 0 Å². The van der Waals surface area contributed by atoms with E-state index in [0.717, 1.165) is 74.3 Å². The maximum atomic E-state index is 6.38. The molecule has 6 rings (SSSR count). The van der Waals surface area contributed by atoms with E-state index in [1.165, 1.54) is 59.7 Å². The van der Waals surface area contributed by atoms with Crippen LogP contribution in [-0.2, 0) is 32.5 Å². The van der Waals surface area contributed by atoms with Crippen molar-refractivity contribution >= 4 is 22.6 Å². The lowest BCUT2D eigenvalue weighted by molar-refractivity contribution is 0.171. The van der Waals surface area contributed by atoms with Crippen molar-refractivity contribution in [2.24, 2.45) is 5.92 Å². The number of nitrogens with zero attached hydrogens (tertiary/aromatic N) is 3. The van der Waals surface area contributed by atoms with Crippen molar-refractivity contribution < 1.29 is 4.52 Å². The topological polar surface area (TPSA) is 32.5 Å². The number of likely N-dealkylation sites (tertiary alicyclic amines) is 1. The van der Waals surface area contributed by atoms with E-state index in [9.17, 15) is 0 Å². The van der Waals surface area contributed by atoms with Crippen LogP contribution in [-0.4, -0.2) is 34.6 Å². The number of hydrogen-bond donors (Lipinski definition) is 0. The van der Waals surface area contributed by atoms with E-state index >= 15 is 0 Å². The second-order valence-corrected chi connectivity index (χ2v) is 11.7. The minimum Gasteiger partial charge on any atom is -0.356 e. The summed E-state index contributed by atoms with van der Waals surface area (Å²) in [6, 6.07) is 23.7. The standard InChI is InChI=1S/C33H38ClN3O/c34-31-13-5-4-11-28(31)23-36-18-15-25(16-19-36)10-6-14-32-30-20-29-24-37(22-26-8-2-1-3-9-26)17-7-12-27(29)21-33(30)38-35-32/h1-5,8-9,11,13,20-21,25H,6-7,10,12,14-19,22-24H2. The Hall–Kier alpha value is -2.66. The molecule has 1 aromatic heterocycles. The van der Waals surface area contributed by atoms with E-state index in [4.69, 9.17) is 16.1 Å². The maximum Gasteiger partial charge on any atom is 0.167 e. The van der Waals surface area contributed by atoms with Gasteiger partial charge in [0.15, 0.2) is 5.58 Å². The molecule has 0 amide bonds. The molecule has 0 spiro atoms. The molecule has 4 nitrogen and oxygen atoms in total. The monoisotopic (exact) mass is 527 g/mol. The van der Waals surface area contributed by atoms with Crippen LogP contribution in [0.25, 0.3) is 11.0 Å². The smallest absolute Gasteiger partial charge is 0.167 e. The third-order valence-electron chi connectivity index (χ3n) is 8.52. The van der Waals surface area contributed by atoms with E-state index in [-0.39, 0.29) is 0 Å². The number of rotatable bonds is 8. The molecular weight excluding hydrogens is 490 g/mol. The fraction of sp³-hybridized carbons (Fsp3) is 0.424. The minimum absolute atomic E-state index is 0.804. The Morgan fingerprint density at radius 1 is 0.868 bits per heavy atom. The highest BCUT2D eigenvalue weighted by Gasteiger charge is 2.21.